The Labute approximate surface area is 137 Å². The number of benzene rings is 1. The van der Waals surface area contributed by atoms with Crippen molar-refractivity contribution in [2.75, 3.05) is 51.7 Å². The summed E-state index contributed by atoms with van der Waals surface area (Å²) < 4.78 is 10.9. The highest BCUT2D eigenvalue weighted by atomic mass is 16.5. The second-order valence-electron chi connectivity index (χ2n) is 5.65. The molecule has 0 spiro atoms. The number of hydrogen-bond donors (Lipinski definition) is 2. The highest BCUT2D eigenvalue weighted by molar-refractivity contribution is 5.75. The Bertz CT molecular complexity index is 476. The number of nitrogens with zero attached hydrogens (tertiary/aromatic N) is 1. The number of rotatable bonds is 9. The van der Waals surface area contributed by atoms with Crippen LogP contribution in [0.3, 0.4) is 0 Å². The second-order valence-corrected chi connectivity index (χ2v) is 5.65. The largest absolute Gasteiger partial charge is 0.491 e. The predicted molar refractivity (Wildman–Crippen MR) is 90.5 cm³/mol. The second kappa shape index (κ2) is 10.1. The van der Waals surface area contributed by atoms with Crippen LogP contribution < -0.4 is 15.8 Å². The SMILES string of the molecule is Nc1ccccc1OCCCC(=O)NCCCN1CCOCC1. The first-order valence-corrected chi connectivity index (χ1v) is 8.30. The minimum Gasteiger partial charge on any atom is -0.491 e. The average Bonchev–Trinajstić information content (AvgIpc) is 2.58. The molecule has 0 aromatic heterocycles. The van der Waals surface area contributed by atoms with Crippen LogP contribution in [0.1, 0.15) is 19.3 Å². The Kier molecular flexibility index (Phi) is 7.69. The Morgan fingerprint density at radius 3 is 2.83 bits per heavy atom. The van der Waals surface area contributed by atoms with E-state index in [1.54, 1.807) is 6.07 Å². The van der Waals surface area contributed by atoms with Gasteiger partial charge in [0.2, 0.25) is 5.91 Å². The van der Waals surface area contributed by atoms with Crippen molar-refractivity contribution in [1.82, 2.24) is 10.2 Å². The van der Waals surface area contributed by atoms with E-state index in [1.165, 1.54) is 0 Å². The van der Waals surface area contributed by atoms with Gasteiger partial charge in [-0.15, -0.1) is 0 Å². The number of anilines is 1. The number of carbonyl (C=O) groups is 1. The summed E-state index contributed by atoms with van der Waals surface area (Å²) in [6.45, 7) is 5.86. The lowest BCUT2D eigenvalue weighted by atomic mass is 10.3. The Hall–Kier alpha value is -1.79. The van der Waals surface area contributed by atoms with Crippen molar-refractivity contribution in [3.63, 3.8) is 0 Å². The molecule has 0 unspecified atom stereocenters. The van der Waals surface area contributed by atoms with Crippen LogP contribution in [0.25, 0.3) is 0 Å². The molecule has 6 nitrogen and oxygen atoms in total. The lowest BCUT2D eigenvalue weighted by molar-refractivity contribution is -0.121. The summed E-state index contributed by atoms with van der Waals surface area (Å²) in [7, 11) is 0. The zero-order valence-corrected chi connectivity index (χ0v) is 13.6. The topological polar surface area (TPSA) is 76.8 Å². The normalized spacial score (nSPS) is 15.3. The van der Waals surface area contributed by atoms with Gasteiger partial charge in [0, 0.05) is 26.1 Å². The van der Waals surface area contributed by atoms with E-state index in [-0.39, 0.29) is 5.91 Å². The lowest BCUT2D eigenvalue weighted by Gasteiger charge is -2.26. The number of morpholine rings is 1. The van der Waals surface area contributed by atoms with E-state index < -0.39 is 0 Å². The van der Waals surface area contributed by atoms with Crippen LogP contribution in [0.4, 0.5) is 5.69 Å². The summed E-state index contributed by atoms with van der Waals surface area (Å²) in [5.41, 5.74) is 6.41. The molecule has 6 heteroatoms. The van der Waals surface area contributed by atoms with Gasteiger partial charge < -0.3 is 20.5 Å². The molecule has 0 bridgehead atoms. The van der Waals surface area contributed by atoms with Crippen molar-refractivity contribution in [2.24, 2.45) is 0 Å². The molecule has 1 aromatic carbocycles. The molecule has 1 aliphatic rings. The van der Waals surface area contributed by atoms with Crippen LogP contribution in [-0.4, -0.2) is 56.8 Å². The molecular formula is C17H27N3O3. The van der Waals surface area contributed by atoms with E-state index in [9.17, 15) is 4.79 Å². The summed E-state index contributed by atoms with van der Waals surface area (Å²) in [6, 6.07) is 7.39. The van der Waals surface area contributed by atoms with Gasteiger partial charge in [-0.3, -0.25) is 9.69 Å². The van der Waals surface area contributed by atoms with Crippen LogP contribution in [0.15, 0.2) is 24.3 Å². The van der Waals surface area contributed by atoms with Crippen LogP contribution in [-0.2, 0) is 9.53 Å². The van der Waals surface area contributed by atoms with E-state index >= 15 is 0 Å². The van der Waals surface area contributed by atoms with Gasteiger partial charge in [0.15, 0.2) is 0 Å². The van der Waals surface area contributed by atoms with Gasteiger partial charge in [-0.2, -0.15) is 0 Å². The Morgan fingerprint density at radius 2 is 2.04 bits per heavy atom. The third-order valence-electron chi connectivity index (χ3n) is 3.80. The smallest absolute Gasteiger partial charge is 0.220 e. The lowest BCUT2D eigenvalue weighted by Crippen LogP contribution is -2.38. The number of nitrogens with one attached hydrogen (secondary N) is 1. The maximum Gasteiger partial charge on any atom is 0.220 e. The zero-order chi connectivity index (χ0) is 16.3. The van der Waals surface area contributed by atoms with Crippen molar-refractivity contribution >= 4 is 11.6 Å². The predicted octanol–water partition coefficient (Wildman–Crippen LogP) is 1.27. The fraction of sp³-hybridized carbons (Fsp3) is 0.588. The summed E-state index contributed by atoms with van der Waals surface area (Å²) in [5.74, 6) is 0.759. The van der Waals surface area contributed by atoms with Crippen molar-refractivity contribution < 1.29 is 14.3 Å². The number of hydrogen-bond acceptors (Lipinski definition) is 5. The molecule has 0 aliphatic carbocycles. The highest BCUT2D eigenvalue weighted by Gasteiger charge is 2.09. The molecule has 1 aliphatic heterocycles. The maximum atomic E-state index is 11.7. The van der Waals surface area contributed by atoms with E-state index in [2.05, 4.69) is 10.2 Å². The summed E-state index contributed by atoms with van der Waals surface area (Å²) in [5, 5.41) is 2.96. The molecule has 2 rings (SSSR count). The highest BCUT2D eigenvalue weighted by Crippen LogP contribution is 2.19. The van der Waals surface area contributed by atoms with Gasteiger partial charge in [-0.05, 0) is 31.5 Å². The van der Waals surface area contributed by atoms with Crippen LogP contribution in [0, 0.1) is 0 Å². The molecule has 0 radical (unpaired) electrons. The fourth-order valence-electron chi connectivity index (χ4n) is 2.47. The fourth-order valence-corrected chi connectivity index (χ4v) is 2.47. The molecule has 0 saturated carbocycles. The van der Waals surface area contributed by atoms with Crippen molar-refractivity contribution in [1.29, 1.82) is 0 Å². The number of nitrogens with two attached hydrogens (primary N) is 1. The van der Waals surface area contributed by atoms with Crippen LogP contribution in [0.5, 0.6) is 5.75 Å². The first-order valence-electron chi connectivity index (χ1n) is 8.30. The molecule has 3 N–H and O–H groups in total. The molecule has 1 aromatic rings. The minimum atomic E-state index is 0.0802. The maximum absolute atomic E-state index is 11.7. The molecule has 23 heavy (non-hydrogen) atoms. The first kappa shape index (κ1) is 17.6. The quantitative estimate of drug-likeness (QED) is 0.529. The van der Waals surface area contributed by atoms with Gasteiger partial charge in [0.25, 0.3) is 0 Å². The molecule has 1 heterocycles. The van der Waals surface area contributed by atoms with Gasteiger partial charge in [0.05, 0.1) is 25.5 Å². The molecule has 128 valence electrons. The number of nitrogen functional groups attached to an aromatic ring is 1. The average molecular weight is 321 g/mol. The van der Waals surface area contributed by atoms with Gasteiger partial charge >= 0.3 is 0 Å². The van der Waals surface area contributed by atoms with E-state index in [0.29, 0.717) is 30.9 Å². The van der Waals surface area contributed by atoms with Crippen LogP contribution in [0.2, 0.25) is 0 Å². The molecule has 1 fully saturated rings. The summed E-state index contributed by atoms with van der Waals surface area (Å²) in [4.78, 5) is 14.1. The van der Waals surface area contributed by atoms with Gasteiger partial charge in [-0.25, -0.2) is 0 Å². The third kappa shape index (κ3) is 6.88. The number of ether oxygens (including phenoxy) is 2. The standard InChI is InChI=1S/C17H27N3O3/c18-15-5-1-2-6-16(15)23-12-3-7-17(21)19-8-4-9-20-10-13-22-14-11-20/h1-2,5-6H,3-4,7-14,18H2,(H,19,21). The molecule has 1 saturated heterocycles. The monoisotopic (exact) mass is 321 g/mol. The molecule has 1 amide bonds. The van der Waals surface area contributed by atoms with E-state index in [0.717, 1.165) is 45.8 Å². The third-order valence-corrected chi connectivity index (χ3v) is 3.80. The van der Waals surface area contributed by atoms with Gasteiger partial charge in [-0.1, -0.05) is 12.1 Å². The first-order chi connectivity index (χ1) is 11.3. The van der Waals surface area contributed by atoms with E-state index in [1.807, 2.05) is 18.2 Å². The zero-order valence-electron chi connectivity index (χ0n) is 13.6. The van der Waals surface area contributed by atoms with Crippen molar-refractivity contribution in [3.8, 4) is 5.75 Å². The Morgan fingerprint density at radius 1 is 1.26 bits per heavy atom. The number of carbonyl (C=O) groups excluding carboxylic acids is 1. The summed E-state index contributed by atoms with van der Waals surface area (Å²) >= 11 is 0. The number of para-hydroxylation sites is 2. The van der Waals surface area contributed by atoms with Crippen LogP contribution >= 0.6 is 0 Å². The minimum absolute atomic E-state index is 0.0802. The molecule has 0 atom stereocenters. The summed E-state index contributed by atoms with van der Waals surface area (Å²) in [6.07, 6.45) is 2.14. The molecular weight excluding hydrogens is 294 g/mol. The Balaban J connectivity index is 1.47. The number of amides is 1. The van der Waals surface area contributed by atoms with Gasteiger partial charge in [0.1, 0.15) is 5.75 Å². The van der Waals surface area contributed by atoms with Crippen molar-refractivity contribution in [3.05, 3.63) is 24.3 Å². The van der Waals surface area contributed by atoms with Crippen molar-refractivity contribution in [2.45, 2.75) is 19.3 Å². The van der Waals surface area contributed by atoms with E-state index in [4.69, 9.17) is 15.2 Å².